The Morgan fingerprint density at radius 3 is 2.00 bits per heavy atom. The van der Waals surface area contributed by atoms with E-state index in [0.717, 1.165) is 22.3 Å². The molecule has 1 aliphatic rings. The van der Waals surface area contributed by atoms with Gasteiger partial charge in [-0.1, -0.05) is 48.5 Å². The molecule has 7 nitrogen and oxygen atoms in total. The Hall–Kier alpha value is -2.35. The maximum atomic E-state index is 12.6. The van der Waals surface area contributed by atoms with Gasteiger partial charge in [0.15, 0.2) is 0 Å². The number of hydrogen-bond donors (Lipinski definition) is 1. The van der Waals surface area contributed by atoms with Crippen molar-refractivity contribution in [1.82, 2.24) is 5.32 Å². The Balaban J connectivity index is 0.00000341. The second-order valence-corrected chi connectivity index (χ2v) is 8.13. The van der Waals surface area contributed by atoms with Crippen molar-refractivity contribution in [2.75, 3.05) is 6.61 Å². The third kappa shape index (κ3) is 6.32. The zero-order chi connectivity index (χ0) is 21.9. The van der Waals surface area contributed by atoms with E-state index in [2.05, 4.69) is 5.32 Å². The molecule has 0 aromatic heterocycles. The van der Waals surface area contributed by atoms with E-state index in [0.29, 0.717) is 0 Å². The van der Waals surface area contributed by atoms with Crippen LogP contribution in [-0.4, -0.2) is 36.3 Å². The molecule has 31 heavy (non-hydrogen) atoms. The molecule has 0 bridgehead atoms. The normalized spacial score (nSPS) is 13.3. The zero-order valence-corrected chi connectivity index (χ0v) is 20.1. The SMILES string of the molecule is CC(C)(C)OC(=O)N[C@@H](CC(=O)[O-])C(=O)OCC1c2ccccc2-c2ccccc21.[Na+]. The topological polar surface area (TPSA) is 105 Å². The Labute approximate surface area is 203 Å². The average molecular weight is 433 g/mol. The van der Waals surface area contributed by atoms with Crippen molar-refractivity contribution < 1.29 is 58.5 Å². The Morgan fingerprint density at radius 1 is 1.00 bits per heavy atom. The summed E-state index contributed by atoms with van der Waals surface area (Å²) in [5, 5.41) is 13.3. The van der Waals surface area contributed by atoms with Crippen LogP contribution in [0.4, 0.5) is 4.79 Å². The molecule has 0 saturated heterocycles. The number of carboxylic acid groups (broad SMARTS) is 1. The van der Waals surface area contributed by atoms with Gasteiger partial charge in [0, 0.05) is 18.3 Å². The van der Waals surface area contributed by atoms with Crippen molar-refractivity contribution in [2.24, 2.45) is 0 Å². The van der Waals surface area contributed by atoms with Crippen LogP contribution in [0.15, 0.2) is 48.5 Å². The molecular weight excluding hydrogens is 409 g/mol. The van der Waals surface area contributed by atoms with Gasteiger partial charge in [-0.3, -0.25) is 0 Å². The van der Waals surface area contributed by atoms with Crippen LogP contribution < -0.4 is 40.0 Å². The number of carbonyl (C=O) groups is 3. The van der Waals surface area contributed by atoms with Crippen LogP contribution in [0.3, 0.4) is 0 Å². The van der Waals surface area contributed by atoms with Crippen LogP contribution in [0.1, 0.15) is 44.2 Å². The molecule has 0 heterocycles. The van der Waals surface area contributed by atoms with Gasteiger partial charge in [0.25, 0.3) is 0 Å². The van der Waals surface area contributed by atoms with E-state index in [1.807, 2.05) is 48.5 Å². The van der Waals surface area contributed by atoms with E-state index in [1.165, 1.54) is 0 Å². The van der Waals surface area contributed by atoms with Crippen LogP contribution in [0.2, 0.25) is 0 Å². The number of fused-ring (bicyclic) bond motifs is 3. The first kappa shape index (κ1) is 24.9. The van der Waals surface area contributed by atoms with Gasteiger partial charge in [-0.2, -0.15) is 0 Å². The fraction of sp³-hybridized carbons (Fsp3) is 0.348. The molecule has 0 aliphatic heterocycles. The summed E-state index contributed by atoms with van der Waals surface area (Å²) >= 11 is 0. The van der Waals surface area contributed by atoms with Crippen LogP contribution in [-0.2, 0) is 19.1 Å². The summed E-state index contributed by atoms with van der Waals surface area (Å²) < 4.78 is 10.5. The minimum atomic E-state index is -1.48. The molecule has 0 fully saturated rings. The van der Waals surface area contributed by atoms with Crippen LogP contribution in [0, 0.1) is 0 Å². The second kappa shape index (κ2) is 10.3. The van der Waals surface area contributed by atoms with E-state index >= 15 is 0 Å². The predicted octanol–water partition coefficient (Wildman–Crippen LogP) is -0.621. The van der Waals surface area contributed by atoms with Crippen molar-refractivity contribution in [2.45, 2.75) is 44.8 Å². The second-order valence-electron chi connectivity index (χ2n) is 8.13. The predicted molar refractivity (Wildman–Crippen MR) is 107 cm³/mol. The summed E-state index contributed by atoms with van der Waals surface area (Å²) in [4.78, 5) is 35.6. The monoisotopic (exact) mass is 433 g/mol. The van der Waals surface area contributed by atoms with Gasteiger partial charge in [-0.25, -0.2) is 9.59 Å². The molecule has 158 valence electrons. The van der Waals surface area contributed by atoms with E-state index in [4.69, 9.17) is 9.47 Å². The molecule has 0 spiro atoms. The maximum Gasteiger partial charge on any atom is 1.00 e. The first-order valence-electron chi connectivity index (χ1n) is 9.70. The van der Waals surface area contributed by atoms with Gasteiger partial charge < -0.3 is 24.7 Å². The van der Waals surface area contributed by atoms with E-state index in [-0.39, 0.29) is 42.1 Å². The van der Waals surface area contributed by atoms with Gasteiger partial charge in [-0.05, 0) is 43.0 Å². The summed E-state index contributed by atoms with van der Waals surface area (Å²) in [6.07, 6.45) is -1.61. The molecule has 0 radical (unpaired) electrons. The van der Waals surface area contributed by atoms with Crippen molar-refractivity contribution in [3.8, 4) is 11.1 Å². The fourth-order valence-corrected chi connectivity index (χ4v) is 3.52. The molecule has 1 N–H and O–H groups in total. The number of nitrogens with one attached hydrogen (secondary N) is 1. The number of aliphatic carboxylic acids is 1. The van der Waals surface area contributed by atoms with Crippen LogP contribution >= 0.6 is 0 Å². The minimum Gasteiger partial charge on any atom is -0.550 e. The number of carbonyl (C=O) groups excluding carboxylic acids is 3. The number of ether oxygens (including phenoxy) is 2. The third-order valence-electron chi connectivity index (χ3n) is 4.70. The molecule has 1 aliphatic carbocycles. The largest absolute Gasteiger partial charge is 1.00 e. The van der Waals surface area contributed by atoms with E-state index in [9.17, 15) is 19.5 Å². The standard InChI is InChI=1S/C23H25NO6.Na/c1-23(2,3)30-22(28)24-19(12-20(25)26)21(27)29-13-18-16-10-6-4-8-14(16)15-9-5-7-11-17(15)18;/h4-11,18-19H,12-13H2,1-3H3,(H,24,28)(H,25,26);/q;+1/p-1/t19-;/m0./s1. The molecule has 0 saturated carbocycles. The molecule has 3 rings (SSSR count). The first-order chi connectivity index (χ1) is 14.2. The van der Waals surface area contributed by atoms with Crippen molar-refractivity contribution in [3.05, 3.63) is 59.7 Å². The molecule has 8 heteroatoms. The van der Waals surface area contributed by atoms with Gasteiger partial charge in [-0.15, -0.1) is 0 Å². The van der Waals surface area contributed by atoms with Crippen molar-refractivity contribution >= 4 is 18.0 Å². The number of carboxylic acids is 1. The summed E-state index contributed by atoms with van der Waals surface area (Å²) in [6.45, 7) is 5.00. The number of alkyl carbamates (subject to hydrolysis) is 1. The molecule has 1 amide bonds. The van der Waals surface area contributed by atoms with Crippen molar-refractivity contribution in [3.63, 3.8) is 0 Å². The molecule has 1 atom stereocenters. The molecular formula is C23H24NNaO6. The molecule has 2 aromatic carbocycles. The smallest absolute Gasteiger partial charge is 0.550 e. The summed E-state index contributed by atoms with van der Waals surface area (Å²) in [5.74, 6) is -2.51. The fourth-order valence-electron chi connectivity index (χ4n) is 3.52. The number of esters is 1. The summed E-state index contributed by atoms with van der Waals surface area (Å²) in [7, 11) is 0. The van der Waals surface area contributed by atoms with E-state index < -0.39 is 36.1 Å². The van der Waals surface area contributed by atoms with Crippen LogP contribution in [0.25, 0.3) is 11.1 Å². The number of hydrogen-bond acceptors (Lipinski definition) is 6. The third-order valence-corrected chi connectivity index (χ3v) is 4.70. The molecule has 0 unspecified atom stereocenters. The van der Waals surface area contributed by atoms with Crippen LogP contribution in [0.5, 0.6) is 0 Å². The number of benzene rings is 2. The average Bonchev–Trinajstić information content (AvgIpc) is 2.98. The maximum absolute atomic E-state index is 12.6. The van der Waals surface area contributed by atoms with Gasteiger partial charge in [0.05, 0.1) is 0 Å². The Bertz CT molecular complexity index is 923. The molecule has 2 aromatic rings. The zero-order valence-electron chi connectivity index (χ0n) is 18.1. The van der Waals surface area contributed by atoms with E-state index in [1.54, 1.807) is 20.8 Å². The summed E-state index contributed by atoms with van der Waals surface area (Å²) in [6, 6.07) is 14.3. The Morgan fingerprint density at radius 2 is 1.52 bits per heavy atom. The quantitative estimate of drug-likeness (QED) is 0.481. The van der Waals surface area contributed by atoms with Gasteiger partial charge >= 0.3 is 41.6 Å². The van der Waals surface area contributed by atoms with Crippen molar-refractivity contribution in [1.29, 1.82) is 0 Å². The summed E-state index contributed by atoms with van der Waals surface area (Å²) in [5.41, 5.74) is 3.42. The first-order valence-corrected chi connectivity index (χ1v) is 9.70. The van der Waals surface area contributed by atoms with Gasteiger partial charge in [0.1, 0.15) is 18.2 Å². The number of amides is 1. The minimum absolute atomic E-state index is 0. The van der Waals surface area contributed by atoms with Gasteiger partial charge in [0.2, 0.25) is 0 Å². The Kier molecular flexibility index (Phi) is 8.28. The number of rotatable bonds is 6.